The molecular formula is C10H12N4O3S. The number of benzene rings is 1. The van der Waals surface area contributed by atoms with Crippen LogP contribution < -0.4 is 0 Å². The van der Waals surface area contributed by atoms with E-state index in [4.69, 9.17) is 5.11 Å². The minimum absolute atomic E-state index is 0.157. The maximum Gasteiger partial charge on any atom is 0.272 e. The van der Waals surface area contributed by atoms with Crippen molar-refractivity contribution in [3.05, 3.63) is 30.3 Å². The van der Waals surface area contributed by atoms with Gasteiger partial charge in [-0.15, -0.1) is 0 Å². The molecule has 0 saturated carbocycles. The van der Waals surface area contributed by atoms with Gasteiger partial charge in [-0.25, -0.2) is 8.42 Å². The molecule has 0 aliphatic rings. The van der Waals surface area contributed by atoms with Crippen molar-refractivity contribution in [1.82, 2.24) is 20.2 Å². The zero-order valence-corrected chi connectivity index (χ0v) is 10.3. The summed E-state index contributed by atoms with van der Waals surface area (Å²) in [5, 5.41) is 19.1. The molecule has 0 saturated heterocycles. The van der Waals surface area contributed by atoms with Crippen LogP contribution in [0.1, 0.15) is 6.42 Å². The third-order valence-electron chi connectivity index (χ3n) is 2.29. The quantitative estimate of drug-likeness (QED) is 0.807. The standard InChI is InChI=1S/C10H12N4O3S/c15-7-4-8-18(16,17)10-11-12-13-14(10)9-5-2-1-3-6-9/h1-3,5-6,15H,4,7-8H2. The fourth-order valence-electron chi connectivity index (χ4n) is 1.45. The Morgan fingerprint density at radius 2 is 1.94 bits per heavy atom. The summed E-state index contributed by atoms with van der Waals surface area (Å²) in [5.74, 6) is -0.184. The van der Waals surface area contributed by atoms with Crippen molar-refractivity contribution in [2.24, 2.45) is 0 Å². The highest BCUT2D eigenvalue weighted by molar-refractivity contribution is 7.91. The van der Waals surface area contributed by atoms with E-state index in [9.17, 15) is 8.42 Å². The second kappa shape index (κ2) is 5.23. The highest BCUT2D eigenvalue weighted by atomic mass is 32.2. The first-order valence-corrected chi connectivity index (χ1v) is 6.98. The van der Waals surface area contributed by atoms with Crippen LogP contribution in [0.3, 0.4) is 0 Å². The number of sulfone groups is 1. The highest BCUT2D eigenvalue weighted by Gasteiger charge is 2.23. The first-order valence-electron chi connectivity index (χ1n) is 5.32. The molecule has 0 atom stereocenters. The topological polar surface area (TPSA) is 98.0 Å². The smallest absolute Gasteiger partial charge is 0.272 e. The molecule has 1 aromatic heterocycles. The Kier molecular flexibility index (Phi) is 3.68. The van der Waals surface area contributed by atoms with E-state index in [1.54, 1.807) is 24.3 Å². The summed E-state index contributed by atoms with van der Waals surface area (Å²) in [6.45, 7) is -0.188. The SMILES string of the molecule is O=S(=O)(CCCO)c1nnnn1-c1ccccc1. The largest absolute Gasteiger partial charge is 0.396 e. The first kappa shape index (κ1) is 12.7. The van der Waals surface area contributed by atoms with Gasteiger partial charge in [0.2, 0.25) is 9.84 Å². The molecule has 2 rings (SSSR count). The van der Waals surface area contributed by atoms with Gasteiger partial charge in [0.05, 0.1) is 11.4 Å². The molecule has 2 aromatic rings. The lowest BCUT2D eigenvalue weighted by Gasteiger charge is -2.04. The molecule has 0 aliphatic heterocycles. The number of nitrogens with zero attached hydrogens (tertiary/aromatic N) is 4. The van der Waals surface area contributed by atoms with Crippen LogP contribution >= 0.6 is 0 Å². The summed E-state index contributed by atoms with van der Waals surface area (Å²) >= 11 is 0. The average Bonchev–Trinajstić information content (AvgIpc) is 2.87. The van der Waals surface area contributed by atoms with Crippen molar-refractivity contribution in [3.8, 4) is 5.69 Å². The number of para-hydroxylation sites is 1. The van der Waals surface area contributed by atoms with Gasteiger partial charge in [-0.1, -0.05) is 23.3 Å². The molecule has 0 unspecified atom stereocenters. The minimum Gasteiger partial charge on any atom is -0.396 e. The molecule has 7 nitrogen and oxygen atoms in total. The van der Waals surface area contributed by atoms with Crippen molar-refractivity contribution in [3.63, 3.8) is 0 Å². The van der Waals surface area contributed by atoms with Crippen LogP contribution in [-0.2, 0) is 9.84 Å². The van der Waals surface area contributed by atoms with Crippen molar-refractivity contribution in [2.45, 2.75) is 11.6 Å². The van der Waals surface area contributed by atoms with E-state index in [2.05, 4.69) is 15.5 Å². The van der Waals surface area contributed by atoms with Crippen molar-refractivity contribution in [2.75, 3.05) is 12.4 Å². The van der Waals surface area contributed by atoms with Gasteiger partial charge in [0, 0.05) is 6.61 Å². The summed E-state index contributed by atoms with van der Waals surface area (Å²) in [5.41, 5.74) is 0.574. The molecule has 0 fully saturated rings. The molecule has 0 radical (unpaired) electrons. The Hall–Kier alpha value is -1.80. The fraction of sp³-hybridized carbons (Fsp3) is 0.300. The van der Waals surface area contributed by atoms with E-state index in [0.717, 1.165) is 0 Å². The molecular weight excluding hydrogens is 256 g/mol. The number of aliphatic hydroxyl groups is 1. The van der Waals surface area contributed by atoms with Gasteiger partial charge in [-0.3, -0.25) is 0 Å². The average molecular weight is 268 g/mol. The normalized spacial score (nSPS) is 11.6. The van der Waals surface area contributed by atoms with Crippen LogP contribution in [0.15, 0.2) is 35.5 Å². The van der Waals surface area contributed by atoms with E-state index in [1.165, 1.54) is 4.68 Å². The molecule has 8 heteroatoms. The van der Waals surface area contributed by atoms with Crippen molar-refractivity contribution >= 4 is 9.84 Å². The van der Waals surface area contributed by atoms with Gasteiger partial charge < -0.3 is 5.11 Å². The van der Waals surface area contributed by atoms with Gasteiger partial charge in [-0.05, 0) is 29.0 Å². The lowest BCUT2D eigenvalue weighted by atomic mass is 10.3. The number of tetrazole rings is 1. The molecule has 1 heterocycles. The lowest BCUT2D eigenvalue weighted by molar-refractivity contribution is 0.295. The van der Waals surface area contributed by atoms with Gasteiger partial charge in [0.1, 0.15) is 0 Å². The van der Waals surface area contributed by atoms with Crippen molar-refractivity contribution < 1.29 is 13.5 Å². The zero-order valence-electron chi connectivity index (χ0n) is 9.47. The van der Waals surface area contributed by atoms with Crippen LogP contribution in [-0.4, -0.2) is 46.1 Å². The van der Waals surface area contributed by atoms with Crippen LogP contribution in [0.5, 0.6) is 0 Å². The van der Waals surface area contributed by atoms with Gasteiger partial charge in [0.15, 0.2) is 0 Å². The second-order valence-corrected chi connectivity index (χ2v) is 5.61. The summed E-state index contributed by atoms with van der Waals surface area (Å²) in [6, 6.07) is 8.76. The predicted octanol–water partition coefficient (Wildman–Crippen LogP) is -0.182. The predicted molar refractivity (Wildman–Crippen MR) is 62.9 cm³/mol. The number of hydrogen-bond donors (Lipinski definition) is 1. The molecule has 1 aromatic carbocycles. The maximum absolute atomic E-state index is 12.0. The Morgan fingerprint density at radius 3 is 2.61 bits per heavy atom. The summed E-state index contributed by atoms with van der Waals surface area (Å²) in [7, 11) is -3.59. The maximum atomic E-state index is 12.0. The fourth-order valence-corrected chi connectivity index (χ4v) is 2.71. The molecule has 0 bridgehead atoms. The first-order chi connectivity index (χ1) is 8.65. The van der Waals surface area contributed by atoms with E-state index in [0.29, 0.717) is 5.69 Å². The van der Waals surface area contributed by atoms with E-state index < -0.39 is 9.84 Å². The van der Waals surface area contributed by atoms with E-state index in [1.807, 2.05) is 6.07 Å². The number of aliphatic hydroxyl groups excluding tert-OH is 1. The van der Waals surface area contributed by atoms with Crippen LogP contribution in [0, 0.1) is 0 Å². The number of hydrogen-bond acceptors (Lipinski definition) is 6. The summed E-state index contributed by atoms with van der Waals surface area (Å²) < 4.78 is 25.1. The highest BCUT2D eigenvalue weighted by Crippen LogP contribution is 2.13. The van der Waals surface area contributed by atoms with Crippen LogP contribution in [0.2, 0.25) is 0 Å². The minimum atomic E-state index is -3.59. The lowest BCUT2D eigenvalue weighted by Crippen LogP contribution is -2.14. The van der Waals surface area contributed by atoms with Crippen LogP contribution in [0.4, 0.5) is 0 Å². The Balaban J connectivity index is 2.40. The Bertz CT molecular complexity index is 609. The number of rotatable bonds is 5. The Labute approximate surface area is 104 Å². The molecule has 0 amide bonds. The third kappa shape index (κ3) is 2.54. The van der Waals surface area contributed by atoms with E-state index >= 15 is 0 Å². The molecule has 0 aliphatic carbocycles. The zero-order chi connectivity index (χ0) is 13.0. The molecule has 0 spiro atoms. The van der Waals surface area contributed by atoms with Gasteiger partial charge in [0.25, 0.3) is 5.16 Å². The second-order valence-electron chi connectivity index (χ2n) is 3.60. The van der Waals surface area contributed by atoms with E-state index in [-0.39, 0.29) is 23.9 Å². The van der Waals surface area contributed by atoms with Crippen molar-refractivity contribution in [1.29, 1.82) is 0 Å². The summed E-state index contributed by atoms with van der Waals surface area (Å²) in [6.07, 6.45) is 0.157. The monoisotopic (exact) mass is 268 g/mol. The van der Waals surface area contributed by atoms with Gasteiger partial charge in [-0.2, -0.15) is 4.68 Å². The Morgan fingerprint density at radius 1 is 1.22 bits per heavy atom. The molecule has 96 valence electrons. The molecule has 18 heavy (non-hydrogen) atoms. The third-order valence-corrected chi connectivity index (χ3v) is 3.93. The summed E-state index contributed by atoms with van der Waals surface area (Å²) in [4.78, 5) is 0. The van der Waals surface area contributed by atoms with Crippen LogP contribution in [0.25, 0.3) is 5.69 Å². The molecule has 1 N–H and O–H groups in total. The number of aromatic nitrogens is 4. The van der Waals surface area contributed by atoms with Gasteiger partial charge >= 0.3 is 0 Å².